The van der Waals surface area contributed by atoms with Crippen LogP contribution < -0.4 is 4.74 Å². The number of nitrogens with one attached hydrogen (secondary N) is 4. The van der Waals surface area contributed by atoms with Crippen molar-refractivity contribution in [2.75, 3.05) is 19.7 Å². The molecule has 4 N–H and O–H groups in total. The molecule has 30 heteroatoms. The van der Waals surface area contributed by atoms with E-state index in [-0.39, 0.29) is 60.2 Å². The van der Waals surface area contributed by atoms with Gasteiger partial charge in [0.1, 0.15) is 23.0 Å². The number of H-pyrrole nitrogens is 4. The average Bonchev–Trinajstić information content (AvgIpc) is 1.61. The summed E-state index contributed by atoms with van der Waals surface area (Å²) >= 11 is 5.95. The topological polar surface area (TPSA) is 326 Å². The number of halogens is 2. The minimum Gasteiger partial charge on any atom is -0.484 e. The summed E-state index contributed by atoms with van der Waals surface area (Å²) < 4.78 is 27.6. The van der Waals surface area contributed by atoms with Crippen molar-refractivity contribution in [1.82, 2.24) is 110 Å². The number of carbonyl (C=O) groups is 4. The molecule has 0 saturated carbocycles. The molecule has 6 saturated heterocycles. The number of carbonyl (C=O) groups excluding carboxylic acids is 4. The Kier molecular flexibility index (Phi) is 23.4. The monoisotopic (exact) mass is 1720 g/mol. The predicted molar refractivity (Wildman–Crippen MR) is 480 cm³/mol. The second-order valence-corrected chi connectivity index (χ2v) is 34.9. The molecule has 0 radical (unpaired) electrons. The van der Waals surface area contributed by atoms with Crippen LogP contribution in [0.3, 0.4) is 0 Å². The van der Waals surface area contributed by atoms with Crippen molar-refractivity contribution in [3.8, 4) is 56.6 Å². The highest BCUT2D eigenvalue weighted by atomic mass is 35.5. The van der Waals surface area contributed by atoms with Gasteiger partial charge >= 0.3 is 0 Å². The highest BCUT2D eigenvalue weighted by molar-refractivity contribution is 6.30. The molecular formula is C97H95ClFN23O5. The predicted octanol–water partition coefficient (Wildman–Crippen LogP) is 16.0. The molecule has 10 atom stereocenters. The van der Waals surface area contributed by atoms with Gasteiger partial charge in [-0.15, -0.1) is 0 Å². The van der Waals surface area contributed by atoms with Crippen LogP contribution in [0.5, 0.6) is 5.75 Å². The number of nitrogens with zero attached hydrogens (tertiary/aromatic N) is 19. The zero-order valence-corrected chi connectivity index (χ0v) is 71.3. The fraction of sp³-hybridized carbons (Fsp3) is 0.309. The van der Waals surface area contributed by atoms with Gasteiger partial charge in [-0.05, 0) is 216 Å². The van der Waals surface area contributed by atoms with Gasteiger partial charge in [0.2, 0.25) is 5.91 Å². The molecule has 4 bridgehead atoms. The van der Waals surface area contributed by atoms with E-state index in [9.17, 15) is 28.8 Å². The quantitative estimate of drug-likeness (QED) is 0.0551. The molecule has 28 nitrogen and oxygen atoms in total. The second kappa shape index (κ2) is 36.1. The molecule has 8 aromatic carbocycles. The van der Waals surface area contributed by atoms with Crippen molar-refractivity contribution in [2.45, 2.75) is 147 Å². The highest BCUT2D eigenvalue weighted by Gasteiger charge is 2.50. The molecule has 0 aliphatic carbocycles. The SMILES string of the molecule is C[C@@H]1CC(Cn2ncc3cc(-c4cn[nH]c4)ccc32)CN1C(=O)c1ccc(Cl)cc1.C[C@@H]1CC(Cn2ncc3cc(-c4cn[nH]c4)ccc32)CN1C(=O)c1ccccc1C#N.Cc1ccccc1OCC(=O)N1C2CCC1C(Cn1ncc3cc(-c4cn[nH]n4)ccc31)C2.O=C(CCc1cccc(F)c1)N1C2CCC1C(Cn1ncc3cc(-c4cn[nH]n4)ccc31)C2. The maximum atomic E-state index is 13.5. The molecule has 6 aliphatic rings. The summed E-state index contributed by atoms with van der Waals surface area (Å²) in [6, 6.07) is 57.2. The van der Waals surface area contributed by atoms with Crippen molar-refractivity contribution in [1.29, 1.82) is 5.26 Å². The standard InChI is InChI=1S/C25H25FN6O.C25H26N6O2.C24H22N6O.C23H22ClN5O/c26-20-3-1-2-16(10-20)4-9-25(33)32-21-6-8-24(32)19(12-21)15-31-23-7-5-17(11-18(23)13-28-31)22-14-27-30-29-22;1-16-4-2-3-5-24(16)33-15-25(32)31-20-7-9-23(31)19(11-20)14-30-22-8-6-17(10-18(22)12-27-30)21-13-26-29-28-21;1-16-8-17(14-29(16)24(31)22-5-3-2-4-19(22)10-25)15-30-23-7-6-18(9-20(23)13-28-30)21-11-26-27-12-21;1-15-8-16(13-28(15)23(30)17-2-5-21(24)6-3-17)14-29-22-7-4-18(9-19(22)12-27-29)20-10-25-26-11-20/h1-3,5,7,10-11,13-14,19,21,24H,4,6,8-9,12,15H2,(H,27,29,30);2-6,8,10,12-13,19-20,23H,7,9,11,14-15H2,1H3,(H,26,28,29);2-7,9,11-13,16-17H,8,14-15H2,1H3,(H,26,27);2-7,9-12,15-16H,8,13-14H2,1H3,(H,25,26)/t;;16-,17?;15-,16?/m..11/s1. The molecule has 6 aliphatic heterocycles. The fourth-order valence-corrected chi connectivity index (χ4v) is 20.4. The van der Waals surface area contributed by atoms with E-state index in [2.05, 4.69) is 182 Å². The van der Waals surface area contributed by atoms with Crippen LogP contribution in [0.2, 0.25) is 5.02 Å². The third-order valence-electron chi connectivity index (χ3n) is 26.4. The van der Waals surface area contributed by atoms with E-state index >= 15 is 0 Å². The lowest BCUT2D eigenvalue weighted by Gasteiger charge is -2.25. The molecule has 0 spiro atoms. The smallest absolute Gasteiger partial charge is 0.261 e. The molecule has 8 aromatic heterocycles. The van der Waals surface area contributed by atoms with Crippen LogP contribution in [0, 0.1) is 47.7 Å². The summed E-state index contributed by atoms with van der Waals surface area (Å²) in [7, 11) is 0. The van der Waals surface area contributed by atoms with Crippen molar-refractivity contribution < 1.29 is 28.3 Å². The van der Waals surface area contributed by atoms with Crippen LogP contribution in [0.25, 0.3) is 88.4 Å². The number of nitriles is 1. The number of benzene rings is 8. The molecule has 6 fully saturated rings. The van der Waals surface area contributed by atoms with E-state index in [4.69, 9.17) is 16.3 Å². The fourth-order valence-electron chi connectivity index (χ4n) is 20.2. The lowest BCUT2D eigenvalue weighted by Crippen LogP contribution is -2.40. The van der Waals surface area contributed by atoms with Crippen LogP contribution in [-0.2, 0) is 42.2 Å². The van der Waals surface area contributed by atoms with Crippen LogP contribution >= 0.6 is 11.6 Å². The third-order valence-corrected chi connectivity index (χ3v) is 26.7. The molecular weight excluding hydrogens is 1620 g/mol. The van der Waals surface area contributed by atoms with E-state index in [0.717, 1.165) is 189 Å². The Morgan fingerprint density at radius 1 is 0.496 bits per heavy atom. The summed E-state index contributed by atoms with van der Waals surface area (Å²) in [6.07, 6.45) is 27.6. The third kappa shape index (κ3) is 17.4. The number of hydrogen-bond donors (Lipinski definition) is 4. The van der Waals surface area contributed by atoms with Gasteiger partial charge < -0.3 is 24.3 Å². The number of hydrogen-bond acceptors (Lipinski definition) is 16. The first-order valence-electron chi connectivity index (χ1n) is 43.5. The van der Waals surface area contributed by atoms with Crippen molar-refractivity contribution in [2.24, 2.45) is 23.7 Å². The lowest BCUT2D eigenvalue weighted by atomic mass is 9.89. The number of aryl methyl sites for hydroxylation is 2. The minimum absolute atomic E-state index is 0.0664. The first-order valence-corrected chi connectivity index (χ1v) is 43.9. The van der Waals surface area contributed by atoms with Crippen molar-refractivity contribution in [3.63, 3.8) is 0 Å². The van der Waals surface area contributed by atoms with E-state index in [0.29, 0.717) is 76.9 Å². The number of ether oxygens (including phenoxy) is 1. The summed E-state index contributed by atoms with van der Waals surface area (Å²) in [6.45, 7) is 10.9. The summed E-state index contributed by atoms with van der Waals surface area (Å²) in [4.78, 5) is 60.2. The number of fused-ring (bicyclic) bond motifs is 8. The summed E-state index contributed by atoms with van der Waals surface area (Å²) in [5, 5.41) is 68.0. The number of amides is 4. The van der Waals surface area contributed by atoms with Crippen LogP contribution in [0.15, 0.2) is 232 Å². The highest BCUT2D eigenvalue weighted by Crippen LogP contribution is 2.45. The average molecular weight is 1720 g/mol. The molecule has 4 amide bonds. The van der Waals surface area contributed by atoms with Gasteiger partial charge in [0.05, 0.1) is 88.8 Å². The molecule has 16 aromatic rings. The Labute approximate surface area is 736 Å². The van der Waals surface area contributed by atoms with Crippen LogP contribution in [-0.4, -0.2) is 190 Å². The summed E-state index contributed by atoms with van der Waals surface area (Å²) in [5.74, 6) is 2.30. The van der Waals surface area contributed by atoms with E-state index < -0.39 is 0 Å². The molecule has 8 unspecified atom stereocenters. The van der Waals surface area contributed by atoms with Crippen molar-refractivity contribution >= 4 is 78.8 Å². The number of likely N-dealkylation sites (tertiary alicyclic amines) is 2. The Balaban J connectivity index is 0.000000110. The Bertz CT molecular complexity index is 6660. The molecule has 642 valence electrons. The molecule has 127 heavy (non-hydrogen) atoms. The minimum atomic E-state index is -0.249. The van der Waals surface area contributed by atoms with Gasteiger partial charge in [-0.2, -0.15) is 66.7 Å². The van der Waals surface area contributed by atoms with Gasteiger partial charge in [-0.1, -0.05) is 78.3 Å². The van der Waals surface area contributed by atoms with E-state index in [1.165, 1.54) is 12.1 Å². The van der Waals surface area contributed by atoms with Gasteiger partial charge in [-0.25, -0.2) is 4.39 Å². The zero-order chi connectivity index (χ0) is 86.8. The number of aromatic nitrogens is 18. The number of para-hydroxylation sites is 1. The van der Waals surface area contributed by atoms with E-state index in [1.807, 2.05) is 107 Å². The second-order valence-electron chi connectivity index (χ2n) is 34.4. The van der Waals surface area contributed by atoms with Crippen LogP contribution in [0.1, 0.15) is 109 Å². The van der Waals surface area contributed by atoms with Gasteiger partial charge in [0.15, 0.2) is 6.61 Å². The van der Waals surface area contributed by atoms with Gasteiger partial charge in [0.25, 0.3) is 17.7 Å². The van der Waals surface area contributed by atoms with Gasteiger partial charge in [-0.3, -0.25) is 48.1 Å². The van der Waals surface area contributed by atoms with Gasteiger partial charge in [0, 0.05) is 161 Å². The summed E-state index contributed by atoms with van der Waals surface area (Å²) in [5.41, 5.74) is 15.9. The first kappa shape index (κ1) is 82.3. The number of aromatic amines is 4. The van der Waals surface area contributed by atoms with E-state index in [1.54, 1.807) is 67.0 Å². The largest absolute Gasteiger partial charge is 0.484 e. The Morgan fingerprint density at radius 2 is 0.984 bits per heavy atom. The maximum Gasteiger partial charge on any atom is 0.261 e. The molecule has 14 heterocycles. The molecule has 22 rings (SSSR count). The van der Waals surface area contributed by atoms with Crippen LogP contribution in [0.4, 0.5) is 4.39 Å². The number of rotatable bonds is 20. The first-order chi connectivity index (χ1) is 62.0. The maximum absolute atomic E-state index is 13.5. The van der Waals surface area contributed by atoms with Crippen molar-refractivity contribution in [3.05, 3.63) is 270 Å². The normalized spacial score (nSPS) is 20.3. The lowest BCUT2D eigenvalue weighted by molar-refractivity contribution is -0.135. The zero-order valence-electron chi connectivity index (χ0n) is 70.5. The Hall–Kier alpha value is -14.3. The Morgan fingerprint density at radius 3 is 1.48 bits per heavy atom.